The van der Waals surface area contributed by atoms with Gasteiger partial charge in [-0.3, -0.25) is 0 Å². The van der Waals surface area contributed by atoms with Crippen LogP contribution in [0.3, 0.4) is 0 Å². The highest BCUT2D eigenvalue weighted by atomic mass is 79.9. The summed E-state index contributed by atoms with van der Waals surface area (Å²) in [5, 5.41) is 0. The minimum atomic E-state index is 1.14. The predicted octanol–water partition coefficient (Wildman–Crippen LogP) is 3.17. The maximum absolute atomic E-state index is 3.37. The quantitative estimate of drug-likeness (QED) is 0.640. The minimum absolute atomic E-state index is 1.14. The van der Waals surface area contributed by atoms with Gasteiger partial charge >= 0.3 is 0 Å². The molecule has 2 heteroatoms. The van der Waals surface area contributed by atoms with E-state index in [1.165, 1.54) is 4.90 Å². The van der Waals surface area contributed by atoms with Crippen LogP contribution in [-0.2, 0) is 0 Å². The van der Waals surface area contributed by atoms with Gasteiger partial charge in [-0.25, -0.2) is 0 Å². The normalized spacial score (nSPS) is 9.56. The monoisotopic (exact) mass is 208 g/mol. The van der Waals surface area contributed by atoms with Gasteiger partial charge in [-0.1, -0.05) is 15.9 Å². The van der Waals surface area contributed by atoms with Crippen molar-refractivity contribution in [2.75, 3.05) is 6.26 Å². The molecule has 0 N–H and O–H groups in total. The summed E-state index contributed by atoms with van der Waals surface area (Å²) < 4.78 is 1.14. The summed E-state index contributed by atoms with van der Waals surface area (Å²) in [6, 6.07) is 8.28. The van der Waals surface area contributed by atoms with Gasteiger partial charge in [0.2, 0.25) is 0 Å². The van der Waals surface area contributed by atoms with Gasteiger partial charge in [-0.2, -0.15) is 0 Å². The highest BCUT2D eigenvalue weighted by Gasteiger charge is 1.86. The van der Waals surface area contributed by atoms with Gasteiger partial charge < -0.3 is 0 Å². The lowest BCUT2D eigenvalue weighted by molar-refractivity contribution is 1.45. The van der Waals surface area contributed by atoms with E-state index in [2.05, 4.69) is 34.3 Å². The number of rotatable bonds is 1. The number of hydrogen-bond acceptors (Lipinski definition) is 1. The zero-order valence-electron chi connectivity index (χ0n) is 5.10. The molecule has 0 unspecified atom stereocenters. The molecule has 0 amide bonds. The molecule has 0 heterocycles. The largest absolute Gasteiger partial charge is 0.130 e. The van der Waals surface area contributed by atoms with Gasteiger partial charge in [-0.05, 0) is 30.5 Å². The second-order valence-electron chi connectivity index (χ2n) is 1.66. The van der Waals surface area contributed by atoms with E-state index in [0.29, 0.717) is 0 Å². The maximum atomic E-state index is 3.37. The molecule has 0 spiro atoms. The lowest BCUT2D eigenvalue weighted by Crippen LogP contribution is -1.66. The Morgan fingerprint density at radius 3 is 2.22 bits per heavy atom. The second kappa shape index (κ2) is 3.28. The fourth-order valence-electron chi connectivity index (χ4n) is 0.571. The Balaban J connectivity index is 2.88. The zero-order chi connectivity index (χ0) is 6.69. The van der Waals surface area contributed by atoms with E-state index in [1.54, 1.807) is 11.8 Å². The fraction of sp³-hybridized carbons (Fsp3) is 0.143. The molecule has 1 aromatic rings. The van der Waals surface area contributed by atoms with Crippen molar-refractivity contribution in [3.63, 3.8) is 0 Å². The van der Waals surface area contributed by atoms with Gasteiger partial charge in [0.1, 0.15) is 0 Å². The molecule has 0 radical (unpaired) electrons. The van der Waals surface area contributed by atoms with Crippen LogP contribution in [0.5, 0.6) is 0 Å². The third-order valence-corrected chi connectivity index (χ3v) is 2.32. The highest BCUT2D eigenvalue weighted by molar-refractivity contribution is 9.10. The van der Waals surface area contributed by atoms with Crippen LogP contribution in [0.4, 0.5) is 0 Å². The van der Waals surface area contributed by atoms with Crippen LogP contribution in [0.25, 0.3) is 0 Å². The summed E-state index contributed by atoms with van der Waals surface area (Å²) in [6.45, 7) is 0. The lowest BCUT2D eigenvalue weighted by atomic mass is 11.4. The van der Waals surface area contributed by atoms with Gasteiger partial charge in [0, 0.05) is 9.37 Å². The Morgan fingerprint density at radius 2 is 1.78 bits per heavy atom. The second-order valence-corrected chi connectivity index (χ2v) is 3.45. The van der Waals surface area contributed by atoms with Crippen molar-refractivity contribution in [1.29, 1.82) is 0 Å². The fourth-order valence-corrected chi connectivity index (χ4v) is 1.24. The summed E-state index contributed by atoms with van der Waals surface area (Å²) in [7, 11) is 0. The molecule has 1 aromatic carbocycles. The lowest BCUT2D eigenvalue weighted by Gasteiger charge is -1.92. The molecule has 0 saturated heterocycles. The summed E-state index contributed by atoms with van der Waals surface area (Å²) >= 11 is 5.12. The van der Waals surface area contributed by atoms with Crippen molar-refractivity contribution in [3.05, 3.63) is 28.7 Å². The van der Waals surface area contributed by atoms with E-state index in [-0.39, 0.29) is 0 Å². The van der Waals surface area contributed by atoms with Crippen molar-refractivity contribution in [2.24, 2.45) is 0 Å². The van der Waals surface area contributed by atoms with Crippen molar-refractivity contribution in [3.8, 4) is 0 Å². The molecule has 0 atom stereocenters. The predicted molar refractivity (Wildman–Crippen MR) is 45.9 cm³/mol. The first-order valence-corrected chi connectivity index (χ1v) is 4.64. The molecule has 0 aliphatic rings. The molecule has 0 bridgehead atoms. The standard InChI is InChI=1S/C7H7BrS/c1-9-7-4-2-6(8)3-5-7/h2-5H,1H3/i2+1,3+1,4+1,5+1,6+1,7+1. The third-order valence-electron chi connectivity index (χ3n) is 1.05. The van der Waals surface area contributed by atoms with Gasteiger partial charge in [0.25, 0.3) is 0 Å². The molecule has 0 aliphatic carbocycles. The number of benzene rings is 1. The van der Waals surface area contributed by atoms with Crippen molar-refractivity contribution in [1.82, 2.24) is 0 Å². The Kier molecular flexibility index (Phi) is 2.61. The first-order valence-electron chi connectivity index (χ1n) is 2.62. The average Bonchev–Trinajstić information content (AvgIpc) is 1.90. The van der Waals surface area contributed by atoms with Crippen molar-refractivity contribution >= 4 is 27.7 Å². The van der Waals surface area contributed by atoms with Crippen LogP contribution in [-0.4, -0.2) is 6.26 Å². The summed E-state index contributed by atoms with van der Waals surface area (Å²) in [5.74, 6) is 0. The van der Waals surface area contributed by atoms with Gasteiger partial charge in [-0.15, -0.1) is 11.8 Å². The van der Waals surface area contributed by atoms with E-state index >= 15 is 0 Å². The molecule has 0 nitrogen and oxygen atoms in total. The molecule has 0 aromatic heterocycles. The molecule has 0 aliphatic heterocycles. The van der Waals surface area contributed by atoms with Crippen LogP contribution < -0.4 is 0 Å². The summed E-state index contributed by atoms with van der Waals surface area (Å²) in [6.07, 6.45) is 2.07. The Hall–Kier alpha value is 0.0500. The molecule has 0 saturated carbocycles. The summed E-state index contributed by atoms with van der Waals surface area (Å²) in [4.78, 5) is 1.30. The number of hydrogen-bond donors (Lipinski definition) is 0. The third kappa shape index (κ3) is 2.03. The van der Waals surface area contributed by atoms with E-state index in [4.69, 9.17) is 0 Å². The summed E-state index contributed by atoms with van der Waals surface area (Å²) in [5.41, 5.74) is 0. The molecule has 1 rings (SSSR count). The Bertz CT molecular complexity index is 181. The maximum Gasteiger partial charge on any atom is 0.0176 e. The highest BCUT2D eigenvalue weighted by Crippen LogP contribution is 2.17. The Labute approximate surface area is 67.8 Å². The van der Waals surface area contributed by atoms with E-state index in [1.807, 2.05) is 12.1 Å². The molecule has 0 fully saturated rings. The first-order chi connectivity index (χ1) is 4.33. The van der Waals surface area contributed by atoms with Crippen LogP contribution in [0.2, 0.25) is 0 Å². The van der Waals surface area contributed by atoms with Crippen molar-refractivity contribution < 1.29 is 0 Å². The van der Waals surface area contributed by atoms with Crippen LogP contribution in [0, 0.1) is 0 Å². The molecular formula is C7H7BrS. The van der Waals surface area contributed by atoms with Crippen LogP contribution >= 0.6 is 27.7 Å². The van der Waals surface area contributed by atoms with E-state index < -0.39 is 0 Å². The molecular weight excluding hydrogens is 202 g/mol. The van der Waals surface area contributed by atoms with E-state index in [0.717, 1.165) is 4.47 Å². The smallest absolute Gasteiger partial charge is 0.0176 e. The van der Waals surface area contributed by atoms with Crippen molar-refractivity contribution in [2.45, 2.75) is 4.90 Å². The Morgan fingerprint density at radius 1 is 1.22 bits per heavy atom. The number of halogens is 1. The minimum Gasteiger partial charge on any atom is -0.130 e. The van der Waals surface area contributed by atoms with E-state index in [9.17, 15) is 0 Å². The topological polar surface area (TPSA) is 0 Å². The average molecular weight is 209 g/mol. The first kappa shape index (κ1) is 7.16. The molecule has 48 valence electrons. The van der Waals surface area contributed by atoms with Crippen LogP contribution in [0.1, 0.15) is 0 Å². The van der Waals surface area contributed by atoms with Gasteiger partial charge in [0.05, 0.1) is 0 Å². The SMILES string of the molecule is CS[13c]1[13cH][13cH][13c](Br)[13cH][13cH]1. The number of thioether (sulfide) groups is 1. The molecule has 9 heavy (non-hydrogen) atoms. The van der Waals surface area contributed by atoms with Crippen LogP contribution in [0.15, 0.2) is 33.6 Å². The van der Waals surface area contributed by atoms with Gasteiger partial charge in [0.15, 0.2) is 0 Å². The zero-order valence-corrected chi connectivity index (χ0v) is 7.50.